The van der Waals surface area contributed by atoms with Crippen molar-refractivity contribution in [1.82, 2.24) is 4.98 Å². The number of anilines is 1. The van der Waals surface area contributed by atoms with E-state index >= 15 is 0 Å². The van der Waals surface area contributed by atoms with Gasteiger partial charge in [-0.1, -0.05) is 27.2 Å². The second-order valence-electron chi connectivity index (χ2n) is 6.76. The molecule has 1 saturated carbocycles. The third kappa shape index (κ3) is 4.70. The maximum absolute atomic E-state index is 6.29. The zero-order chi connectivity index (χ0) is 15.2. The van der Waals surface area contributed by atoms with Gasteiger partial charge in [-0.3, -0.25) is 0 Å². The number of pyridine rings is 1. The molecule has 3 unspecified atom stereocenters. The Morgan fingerprint density at radius 2 is 2.19 bits per heavy atom. The molecule has 0 amide bonds. The number of nitrogens with zero attached hydrogens (tertiary/aromatic N) is 1. The average molecular weight is 290 g/mol. The summed E-state index contributed by atoms with van der Waals surface area (Å²) in [5.41, 5.74) is 1.21. The molecule has 1 aliphatic carbocycles. The maximum atomic E-state index is 6.29. The van der Waals surface area contributed by atoms with Crippen molar-refractivity contribution in [2.24, 2.45) is 17.8 Å². The molecule has 0 radical (unpaired) electrons. The van der Waals surface area contributed by atoms with Crippen LogP contribution in [0.25, 0.3) is 0 Å². The maximum Gasteiger partial charge on any atom is 0.126 e. The summed E-state index contributed by atoms with van der Waals surface area (Å²) >= 11 is 0. The van der Waals surface area contributed by atoms with Crippen LogP contribution in [0.1, 0.15) is 52.5 Å². The van der Waals surface area contributed by atoms with E-state index in [-0.39, 0.29) is 0 Å². The second kappa shape index (κ2) is 7.79. The van der Waals surface area contributed by atoms with Crippen molar-refractivity contribution in [3.8, 4) is 0 Å². The van der Waals surface area contributed by atoms with Crippen LogP contribution in [0.5, 0.6) is 0 Å². The summed E-state index contributed by atoms with van der Waals surface area (Å²) in [6.07, 6.45) is 6.13. The summed E-state index contributed by atoms with van der Waals surface area (Å²) in [6, 6.07) is 4.15. The third-order valence-corrected chi connectivity index (χ3v) is 4.61. The van der Waals surface area contributed by atoms with Gasteiger partial charge in [-0.25, -0.2) is 4.98 Å². The molecule has 1 heterocycles. The van der Waals surface area contributed by atoms with Gasteiger partial charge < -0.3 is 10.1 Å². The van der Waals surface area contributed by atoms with Crippen molar-refractivity contribution in [1.29, 1.82) is 0 Å². The summed E-state index contributed by atoms with van der Waals surface area (Å²) in [6.45, 7) is 10.7. The number of rotatable bonds is 6. The van der Waals surface area contributed by atoms with E-state index in [1.54, 1.807) is 0 Å². The van der Waals surface area contributed by atoms with Crippen LogP contribution in [-0.2, 0) is 11.3 Å². The first-order chi connectivity index (χ1) is 10.1. The molecule has 2 rings (SSSR count). The van der Waals surface area contributed by atoms with E-state index in [0.29, 0.717) is 24.5 Å². The smallest absolute Gasteiger partial charge is 0.126 e. The van der Waals surface area contributed by atoms with Crippen molar-refractivity contribution in [3.05, 3.63) is 23.9 Å². The van der Waals surface area contributed by atoms with E-state index in [0.717, 1.165) is 18.3 Å². The standard InChI is InChI=1S/C18H30N2O/c1-5-19-18-11-15(8-9-20-18)12-21-17-10-14(4)6-7-16(17)13(2)3/h8-9,11,13-14,16-17H,5-7,10,12H2,1-4H3,(H,19,20). The van der Waals surface area contributed by atoms with Crippen LogP contribution < -0.4 is 5.32 Å². The fraction of sp³-hybridized carbons (Fsp3) is 0.722. The summed E-state index contributed by atoms with van der Waals surface area (Å²) < 4.78 is 6.29. The Balaban J connectivity index is 1.95. The minimum atomic E-state index is 0.407. The van der Waals surface area contributed by atoms with Crippen LogP contribution in [0.3, 0.4) is 0 Å². The quantitative estimate of drug-likeness (QED) is 0.838. The topological polar surface area (TPSA) is 34.1 Å². The Labute approximate surface area is 129 Å². The lowest BCUT2D eigenvalue weighted by Crippen LogP contribution is -2.34. The Bertz CT molecular complexity index is 433. The van der Waals surface area contributed by atoms with E-state index in [1.807, 2.05) is 6.20 Å². The van der Waals surface area contributed by atoms with Crippen molar-refractivity contribution in [2.45, 2.75) is 59.7 Å². The van der Waals surface area contributed by atoms with E-state index < -0.39 is 0 Å². The van der Waals surface area contributed by atoms with E-state index in [9.17, 15) is 0 Å². The molecule has 1 aromatic heterocycles. The molecule has 1 fully saturated rings. The Kier molecular flexibility index (Phi) is 6.04. The van der Waals surface area contributed by atoms with Crippen LogP contribution >= 0.6 is 0 Å². The van der Waals surface area contributed by atoms with Gasteiger partial charge in [0.15, 0.2) is 0 Å². The van der Waals surface area contributed by atoms with Gasteiger partial charge in [0, 0.05) is 12.7 Å². The fourth-order valence-electron chi connectivity index (χ4n) is 3.35. The number of hydrogen-bond donors (Lipinski definition) is 1. The first-order valence-corrected chi connectivity index (χ1v) is 8.40. The highest BCUT2D eigenvalue weighted by atomic mass is 16.5. The molecule has 1 aliphatic rings. The fourth-order valence-corrected chi connectivity index (χ4v) is 3.35. The molecule has 1 aromatic rings. The van der Waals surface area contributed by atoms with Crippen LogP contribution in [0, 0.1) is 17.8 Å². The third-order valence-electron chi connectivity index (χ3n) is 4.61. The molecule has 21 heavy (non-hydrogen) atoms. The lowest BCUT2D eigenvalue weighted by atomic mass is 9.75. The lowest BCUT2D eigenvalue weighted by molar-refractivity contribution is -0.0472. The molecule has 1 N–H and O–H groups in total. The zero-order valence-electron chi connectivity index (χ0n) is 13.9. The largest absolute Gasteiger partial charge is 0.373 e. The molecule has 3 nitrogen and oxygen atoms in total. The second-order valence-corrected chi connectivity index (χ2v) is 6.76. The summed E-state index contributed by atoms with van der Waals surface area (Å²) in [4.78, 5) is 4.31. The monoisotopic (exact) mass is 290 g/mol. The minimum Gasteiger partial charge on any atom is -0.373 e. The summed E-state index contributed by atoms with van der Waals surface area (Å²) in [5, 5.41) is 3.25. The normalized spacial score (nSPS) is 26.0. The Morgan fingerprint density at radius 1 is 1.38 bits per heavy atom. The molecular formula is C18H30N2O. The first-order valence-electron chi connectivity index (χ1n) is 8.40. The Hall–Kier alpha value is -1.09. The molecule has 0 aromatic carbocycles. The van der Waals surface area contributed by atoms with Crippen molar-refractivity contribution < 1.29 is 4.74 Å². The predicted octanol–water partition coefficient (Wildman–Crippen LogP) is 4.49. The summed E-state index contributed by atoms with van der Waals surface area (Å²) in [5.74, 6) is 3.14. The lowest BCUT2D eigenvalue weighted by Gasteiger charge is -2.37. The van der Waals surface area contributed by atoms with Gasteiger partial charge in [-0.15, -0.1) is 0 Å². The van der Waals surface area contributed by atoms with Crippen molar-refractivity contribution >= 4 is 5.82 Å². The SMILES string of the molecule is CCNc1cc(COC2CC(C)CCC2C(C)C)ccn1. The zero-order valence-corrected chi connectivity index (χ0v) is 13.9. The van der Waals surface area contributed by atoms with E-state index in [2.05, 4.69) is 50.1 Å². The van der Waals surface area contributed by atoms with E-state index in [4.69, 9.17) is 4.74 Å². The van der Waals surface area contributed by atoms with Gasteiger partial charge in [0.25, 0.3) is 0 Å². The van der Waals surface area contributed by atoms with E-state index in [1.165, 1.54) is 24.8 Å². The molecule has 3 heteroatoms. The van der Waals surface area contributed by atoms with Gasteiger partial charge in [-0.2, -0.15) is 0 Å². The van der Waals surface area contributed by atoms with Gasteiger partial charge in [0.2, 0.25) is 0 Å². The molecule has 3 atom stereocenters. The number of hydrogen-bond acceptors (Lipinski definition) is 3. The van der Waals surface area contributed by atoms with Crippen LogP contribution in [0.15, 0.2) is 18.3 Å². The number of ether oxygens (including phenoxy) is 1. The van der Waals surface area contributed by atoms with Gasteiger partial charge in [0.1, 0.15) is 5.82 Å². The van der Waals surface area contributed by atoms with Gasteiger partial charge in [0.05, 0.1) is 12.7 Å². The summed E-state index contributed by atoms with van der Waals surface area (Å²) in [7, 11) is 0. The van der Waals surface area contributed by atoms with Crippen molar-refractivity contribution in [2.75, 3.05) is 11.9 Å². The van der Waals surface area contributed by atoms with Gasteiger partial charge >= 0.3 is 0 Å². The highest BCUT2D eigenvalue weighted by Crippen LogP contribution is 2.35. The highest BCUT2D eigenvalue weighted by Gasteiger charge is 2.31. The molecule has 0 spiro atoms. The number of aromatic nitrogens is 1. The molecule has 0 saturated heterocycles. The first kappa shape index (κ1) is 16.3. The van der Waals surface area contributed by atoms with Crippen molar-refractivity contribution in [3.63, 3.8) is 0 Å². The predicted molar refractivity (Wildman–Crippen MR) is 88.3 cm³/mol. The molecular weight excluding hydrogens is 260 g/mol. The van der Waals surface area contributed by atoms with Crippen LogP contribution in [-0.4, -0.2) is 17.6 Å². The molecule has 0 bridgehead atoms. The molecule has 118 valence electrons. The number of nitrogens with one attached hydrogen (secondary N) is 1. The van der Waals surface area contributed by atoms with Gasteiger partial charge in [-0.05, 0) is 55.2 Å². The van der Waals surface area contributed by atoms with Crippen LogP contribution in [0.4, 0.5) is 5.82 Å². The minimum absolute atomic E-state index is 0.407. The Morgan fingerprint density at radius 3 is 2.90 bits per heavy atom. The molecule has 0 aliphatic heterocycles. The average Bonchev–Trinajstić information content (AvgIpc) is 2.45. The highest BCUT2D eigenvalue weighted by molar-refractivity contribution is 5.36. The van der Waals surface area contributed by atoms with Crippen LogP contribution in [0.2, 0.25) is 0 Å².